The van der Waals surface area contributed by atoms with Crippen LogP contribution in [0.1, 0.15) is 30.5 Å². The van der Waals surface area contributed by atoms with Crippen molar-refractivity contribution in [2.75, 3.05) is 0 Å². The number of carbonyl (C=O) groups is 1. The highest BCUT2D eigenvalue weighted by molar-refractivity contribution is 7.12. The number of hydrogen-bond acceptors (Lipinski definition) is 3. The van der Waals surface area contributed by atoms with E-state index in [1.807, 2.05) is 19.9 Å². The molecule has 0 aliphatic heterocycles. The Morgan fingerprint density at radius 3 is 2.47 bits per heavy atom. The summed E-state index contributed by atoms with van der Waals surface area (Å²) in [6.45, 7) is 5.81. The molecular formula is C12H18O2S. The number of aryl methyl sites for hydroxylation is 1. The second-order valence-electron chi connectivity index (χ2n) is 4.05. The number of Topliss-reactive ketones (excluding diaryl/α,β-unsaturated/α-hetero) is 1. The zero-order valence-electron chi connectivity index (χ0n) is 9.49. The summed E-state index contributed by atoms with van der Waals surface area (Å²) in [5.74, 6) is -0.0717. The van der Waals surface area contributed by atoms with Gasteiger partial charge in [0, 0.05) is 16.2 Å². The van der Waals surface area contributed by atoms with Crippen LogP contribution in [-0.4, -0.2) is 17.0 Å². The summed E-state index contributed by atoms with van der Waals surface area (Å²) in [5, 5.41) is 9.58. The molecule has 1 unspecified atom stereocenters. The maximum Gasteiger partial charge on any atom is 0.166 e. The topological polar surface area (TPSA) is 37.3 Å². The van der Waals surface area contributed by atoms with Crippen molar-refractivity contribution in [2.45, 2.75) is 39.7 Å². The lowest BCUT2D eigenvalue weighted by Gasteiger charge is -2.11. The lowest BCUT2D eigenvalue weighted by molar-refractivity contribution is -0.128. The van der Waals surface area contributed by atoms with Crippen molar-refractivity contribution in [1.29, 1.82) is 0 Å². The van der Waals surface area contributed by atoms with Crippen LogP contribution in [0.4, 0.5) is 0 Å². The number of rotatable bonds is 5. The zero-order valence-corrected chi connectivity index (χ0v) is 10.3. The van der Waals surface area contributed by atoms with E-state index in [-0.39, 0.29) is 11.7 Å². The van der Waals surface area contributed by atoms with Crippen molar-refractivity contribution < 1.29 is 9.90 Å². The highest BCUT2D eigenvalue weighted by atomic mass is 32.1. The molecule has 1 aromatic heterocycles. The molecule has 1 atom stereocenters. The Morgan fingerprint density at radius 1 is 1.40 bits per heavy atom. The van der Waals surface area contributed by atoms with Gasteiger partial charge in [0.25, 0.3) is 0 Å². The van der Waals surface area contributed by atoms with Crippen LogP contribution in [-0.2, 0) is 17.6 Å². The molecular weight excluding hydrogens is 208 g/mol. The van der Waals surface area contributed by atoms with E-state index in [1.54, 1.807) is 11.3 Å². The molecule has 3 heteroatoms. The summed E-state index contributed by atoms with van der Waals surface area (Å²) in [7, 11) is 0. The van der Waals surface area contributed by atoms with Gasteiger partial charge in [-0.1, -0.05) is 20.8 Å². The molecule has 0 aromatic carbocycles. The predicted octanol–water partition coefficient (Wildman–Crippen LogP) is 2.44. The first-order valence-corrected chi connectivity index (χ1v) is 6.14. The molecule has 2 nitrogen and oxygen atoms in total. The zero-order chi connectivity index (χ0) is 11.4. The van der Waals surface area contributed by atoms with E-state index in [2.05, 4.69) is 13.0 Å². The summed E-state index contributed by atoms with van der Waals surface area (Å²) in [5.41, 5.74) is 0. The standard InChI is InChI=1S/C12H18O2S/c1-4-9-5-6-10(15-9)7-11(13)12(14)8(2)3/h5-6,8,12,14H,4,7H2,1-3H3. The van der Waals surface area contributed by atoms with E-state index >= 15 is 0 Å². The summed E-state index contributed by atoms with van der Waals surface area (Å²) >= 11 is 1.66. The van der Waals surface area contributed by atoms with Crippen molar-refractivity contribution in [3.05, 3.63) is 21.9 Å². The Balaban J connectivity index is 2.58. The second-order valence-corrected chi connectivity index (χ2v) is 5.31. The van der Waals surface area contributed by atoms with Gasteiger partial charge in [-0.25, -0.2) is 0 Å². The molecule has 1 N–H and O–H groups in total. The smallest absolute Gasteiger partial charge is 0.166 e. The molecule has 0 aliphatic rings. The van der Waals surface area contributed by atoms with Gasteiger partial charge in [0.05, 0.1) is 0 Å². The number of aliphatic hydroxyl groups is 1. The molecule has 0 saturated heterocycles. The lowest BCUT2D eigenvalue weighted by atomic mass is 10.0. The third-order valence-corrected chi connectivity index (χ3v) is 3.61. The van der Waals surface area contributed by atoms with Gasteiger partial charge in [-0.05, 0) is 24.5 Å². The van der Waals surface area contributed by atoms with Gasteiger partial charge in [0.1, 0.15) is 6.10 Å². The monoisotopic (exact) mass is 226 g/mol. The third kappa shape index (κ3) is 3.43. The molecule has 15 heavy (non-hydrogen) atoms. The van der Waals surface area contributed by atoms with Crippen LogP contribution in [0.2, 0.25) is 0 Å². The largest absolute Gasteiger partial charge is 0.385 e. The molecule has 0 fully saturated rings. The summed E-state index contributed by atoms with van der Waals surface area (Å²) in [6, 6.07) is 4.03. The van der Waals surface area contributed by atoms with Gasteiger partial charge in [-0.15, -0.1) is 11.3 Å². The number of ketones is 1. The van der Waals surface area contributed by atoms with Crippen LogP contribution in [0, 0.1) is 5.92 Å². The Morgan fingerprint density at radius 2 is 2.00 bits per heavy atom. The van der Waals surface area contributed by atoms with E-state index in [9.17, 15) is 9.90 Å². The Kier molecular flexibility index (Phi) is 4.48. The van der Waals surface area contributed by atoms with E-state index < -0.39 is 6.10 Å². The van der Waals surface area contributed by atoms with Crippen LogP contribution < -0.4 is 0 Å². The highest BCUT2D eigenvalue weighted by Crippen LogP contribution is 2.18. The van der Waals surface area contributed by atoms with Crippen molar-refractivity contribution >= 4 is 17.1 Å². The van der Waals surface area contributed by atoms with Crippen LogP contribution >= 0.6 is 11.3 Å². The van der Waals surface area contributed by atoms with Gasteiger partial charge >= 0.3 is 0 Å². The molecule has 84 valence electrons. The number of carbonyl (C=O) groups excluding carboxylic acids is 1. The molecule has 1 rings (SSSR count). The Labute approximate surface area is 94.9 Å². The van der Waals surface area contributed by atoms with Crippen LogP contribution in [0.15, 0.2) is 12.1 Å². The minimum atomic E-state index is -0.822. The molecule has 0 spiro atoms. The van der Waals surface area contributed by atoms with Gasteiger partial charge in [-0.3, -0.25) is 4.79 Å². The van der Waals surface area contributed by atoms with Crippen LogP contribution in [0.3, 0.4) is 0 Å². The summed E-state index contributed by atoms with van der Waals surface area (Å²) in [4.78, 5) is 13.9. The molecule has 0 aliphatic carbocycles. The van der Waals surface area contributed by atoms with Gasteiger partial charge < -0.3 is 5.11 Å². The second kappa shape index (κ2) is 5.42. The van der Waals surface area contributed by atoms with Gasteiger partial charge in [-0.2, -0.15) is 0 Å². The first kappa shape index (κ1) is 12.4. The fourth-order valence-electron chi connectivity index (χ4n) is 1.36. The first-order valence-electron chi connectivity index (χ1n) is 5.33. The predicted molar refractivity (Wildman–Crippen MR) is 63.3 cm³/mol. The van der Waals surface area contributed by atoms with Gasteiger partial charge in [0.15, 0.2) is 5.78 Å². The minimum Gasteiger partial charge on any atom is -0.385 e. The Hall–Kier alpha value is -0.670. The summed E-state index contributed by atoms with van der Waals surface area (Å²) in [6.07, 6.45) is 0.549. The molecule has 0 bridgehead atoms. The number of hydrogen-bond donors (Lipinski definition) is 1. The normalized spacial score (nSPS) is 13.1. The fourth-order valence-corrected chi connectivity index (χ4v) is 2.32. The first-order chi connectivity index (χ1) is 7.04. The average Bonchev–Trinajstić information content (AvgIpc) is 2.64. The minimum absolute atomic E-state index is 0.00288. The van der Waals surface area contributed by atoms with E-state index in [4.69, 9.17) is 0 Å². The lowest BCUT2D eigenvalue weighted by Crippen LogP contribution is -2.27. The van der Waals surface area contributed by atoms with Crippen molar-refractivity contribution in [1.82, 2.24) is 0 Å². The number of thiophene rings is 1. The van der Waals surface area contributed by atoms with Crippen molar-refractivity contribution in [3.63, 3.8) is 0 Å². The molecule has 0 amide bonds. The van der Waals surface area contributed by atoms with Crippen molar-refractivity contribution in [3.8, 4) is 0 Å². The molecule has 1 heterocycles. The van der Waals surface area contributed by atoms with E-state index in [0.717, 1.165) is 11.3 Å². The average molecular weight is 226 g/mol. The SMILES string of the molecule is CCc1ccc(CC(=O)C(O)C(C)C)s1. The maximum atomic E-state index is 11.6. The van der Waals surface area contributed by atoms with Crippen LogP contribution in [0.5, 0.6) is 0 Å². The van der Waals surface area contributed by atoms with E-state index in [0.29, 0.717) is 6.42 Å². The molecule has 0 radical (unpaired) electrons. The Bertz CT molecular complexity index is 328. The van der Waals surface area contributed by atoms with E-state index in [1.165, 1.54) is 4.88 Å². The van der Waals surface area contributed by atoms with Gasteiger partial charge in [0.2, 0.25) is 0 Å². The third-order valence-electron chi connectivity index (χ3n) is 2.38. The molecule has 0 saturated carbocycles. The maximum absolute atomic E-state index is 11.6. The fraction of sp³-hybridized carbons (Fsp3) is 0.583. The quantitative estimate of drug-likeness (QED) is 0.837. The van der Waals surface area contributed by atoms with Crippen molar-refractivity contribution in [2.24, 2.45) is 5.92 Å². The molecule has 1 aromatic rings. The number of aliphatic hydroxyl groups excluding tert-OH is 1. The van der Waals surface area contributed by atoms with Crippen LogP contribution in [0.25, 0.3) is 0 Å². The summed E-state index contributed by atoms with van der Waals surface area (Å²) < 4.78 is 0. The highest BCUT2D eigenvalue weighted by Gasteiger charge is 2.19.